The summed E-state index contributed by atoms with van der Waals surface area (Å²) in [6.45, 7) is 1.48. The van der Waals surface area contributed by atoms with Crippen LogP contribution in [0.1, 0.15) is 32.6 Å². The zero-order chi connectivity index (χ0) is 23.3. The molecule has 32 heavy (non-hydrogen) atoms. The van der Waals surface area contributed by atoms with Gasteiger partial charge in [0.05, 0.1) is 14.2 Å². The van der Waals surface area contributed by atoms with E-state index in [-0.39, 0.29) is 11.7 Å². The summed E-state index contributed by atoms with van der Waals surface area (Å²) >= 11 is 0. The Hall–Kier alpha value is -3.36. The van der Waals surface area contributed by atoms with Crippen LogP contribution in [0, 0.1) is 11.6 Å². The minimum absolute atomic E-state index is 0.0156. The third-order valence-corrected chi connectivity index (χ3v) is 5.47. The number of carbonyl (C=O) groups is 2. The summed E-state index contributed by atoms with van der Waals surface area (Å²) in [5.41, 5.74) is -0.602. The molecule has 7 nitrogen and oxygen atoms in total. The lowest BCUT2D eigenvalue weighted by Crippen LogP contribution is -2.57. The largest absolute Gasteiger partial charge is 0.493 e. The van der Waals surface area contributed by atoms with Gasteiger partial charge in [-0.1, -0.05) is 12.8 Å². The predicted octanol–water partition coefficient (Wildman–Crippen LogP) is 3.82. The maximum absolute atomic E-state index is 13.4. The first-order valence-electron chi connectivity index (χ1n) is 10.2. The highest BCUT2D eigenvalue weighted by Gasteiger charge is 2.43. The molecule has 9 heteroatoms. The van der Waals surface area contributed by atoms with Crippen molar-refractivity contribution in [2.75, 3.05) is 19.5 Å². The number of carbonyl (C=O) groups excluding carboxylic acids is 2. The van der Waals surface area contributed by atoms with Crippen molar-refractivity contribution >= 4 is 17.5 Å². The Balaban J connectivity index is 1.71. The third-order valence-electron chi connectivity index (χ3n) is 5.47. The number of rotatable bonds is 8. The summed E-state index contributed by atoms with van der Waals surface area (Å²) in [4.78, 5) is 25.9. The molecule has 0 heterocycles. The minimum atomic E-state index is -1.10. The molecule has 0 spiro atoms. The molecule has 2 aromatic carbocycles. The highest BCUT2D eigenvalue weighted by molar-refractivity contribution is 6.01. The van der Waals surface area contributed by atoms with Gasteiger partial charge >= 0.3 is 0 Å². The van der Waals surface area contributed by atoms with Gasteiger partial charge in [0.1, 0.15) is 11.3 Å². The van der Waals surface area contributed by atoms with E-state index >= 15 is 0 Å². The number of hydrogen-bond acceptors (Lipinski definition) is 5. The molecule has 2 aromatic rings. The van der Waals surface area contributed by atoms with Crippen molar-refractivity contribution in [3.8, 4) is 17.2 Å². The van der Waals surface area contributed by atoms with Gasteiger partial charge in [-0.15, -0.1) is 0 Å². The SMILES string of the molecule is COc1ccc(NC(=O)C2(NC(=O)C(C)Oc3ccc(F)c(F)c3)CCCC2)cc1OC. The smallest absolute Gasteiger partial charge is 0.261 e. The van der Waals surface area contributed by atoms with Crippen molar-refractivity contribution < 1.29 is 32.6 Å². The van der Waals surface area contributed by atoms with Crippen LogP contribution in [0.2, 0.25) is 0 Å². The molecule has 0 aromatic heterocycles. The predicted molar refractivity (Wildman–Crippen MR) is 114 cm³/mol. The second kappa shape index (κ2) is 9.84. The maximum atomic E-state index is 13.4. The van der Waals surface area contributed by atoms with Crippen LogP contribution in [0.25, 0.3) is 0 Å². The topological polar surface area (TPSA) is 85.9 Å². The number of hydrogen-bond donors (Lipinski definition) is 2. The molecule has 3 rings (SSSR count). The average Bonchev–Trinajstić information content (AvgIpc) is 3.25. The Morgan fingerprint density at radius 3 is 2.28 bits per heavy atom. The van der Waals surface area contributed by atoms with Crippen molar-refractivity contribution in [1.82, 2.24) is 5.32 Å². The van der Waals surface area contributed by atoms with Gasteiger partial charge in [0.25, 0.3) is 5.91 Å². The molecule has 1 saturated carbocycles. The lowest BCUT2D eigenvalue weighted by atomic mass is 9.95. The van der Waals surface area contributed by atoms with Gasteiger partial charge in [0, 0.05) is 17.8 Å². The van der Waals surface area contributed by atoms with Gasteiger partial charge in [-0.3, -0.25) is 9.59 Å². The van der Waals surface area contributed by atoms with E-state index in [0.29, 0.717) is 30.0 Å². The summed E-state index contributed by atoms with van der Waals surface area (Å²) in [5.74, 6) is -1.96. The quantitative estimate of drug-likeness (QED) is 0.641. The second-order valence-corrected chi connectivity index (χ2v) is 7.64. The molecular weight excluding hydrogens is 422 g/mol. The van der Waals surface area contributed by atoms with Gasteiger partial charge in [0.15, 0.2) is 29.2 Å². The van der Waals surface area contributed by atoms with E-state index in [9.17, 15) is 18.4 Å². The fourth-order valence-corrected chi connectivity index (χ4v) is 3.70. The molecule has 1 aliphatic carbocycles. The Morgan fingerprint density at radius 1 is 0.969 bits per heavy atom. The Morgan fingerprint density at radius 2 is 1.66 bits per heavy atom. The van der Waals surface area contributed by atoms with Gasteiger partial charge in [0.2, 0.25) is 5.91 Å². The summed E-state index contributed by atoms with van der Waals surface area (Å²) in [7, 11) is 3.01. The molecule has 1 unspecified atom stereocenters. The van der Waals surface area contributed by atoms with Gasteiger partial charge in [-0.2, -0.15) is 0 Å². The number of halogens is 2. The van der Waals surface area contributed by atoms with Crippen LogP contribution in [0.4, 0.5) is 14.5 Å². The Kier molecular flexibility index (Phi) is 7.17. The zero-order valence-electron chi connectivity index (χ0n) is 18.2. The first kappa shape index (κ1) is 23.3. The monoisotopic (exact) mass is 448 g/mol. The number of ether oxygens (including phenoxy) is 3. The van der Waals surface area contributed by atoms with Gasteiger partial charge in [-0.25, -0.2) is 8.78 Å². The number of amides is 2. The lowest BCUT2D eigenvalue weighted by molar-refractivity contribution is -0.134. The van der Waals surface area contributed by atoms with Gasteiger partial charge < -0.3 is 24.8 Å². The summed E-state index contributed by atoms with van der Waals surface area (Å²) in [6.07, 6.45) is 1.47. The van der Waals surface area contributed by atoms with Crippen molar-refractivity contribution in [2.45, 2.75) is 44.2 Å². The normalized spacial score (nSPS) is 15.5. The van der Waals surface area contributed by atoms with E-state index < -0.39 is 29.2 Å². The number of nitrogens with one attached hydrogen (secondary N) is 2. The molecule has 2 N–H and O–H groups in total. The van der Waals surface area contributed by atoms with Crippen LogP contribution < -0.4 is 24.8 Å². The van der Waals surface area contributed by atoms with Crippen molar-refractivity contribution in [3.63, 3.8) is 0 Å². The first-order chi connectivity index (χ1) is 15.3. The fourth-order valence-electron chi connectivity index (χ4n) is 3.70. The van der Waals surface area contributed by atoms with Crippen LogP contribution in [0.5, 0.6) is 17.2 Å². The Bertz CT molecular complexity index is 992. The first-order valence-corrected chi connectivity index (χ1v) is 10.2. The van der Waals surface area contributed by atoms with Gasteiger partial charge in [-0.05, 0) is 44.0 Å². The van der Waals surface area contributed by atoms with Crippen LogP contribution >= 0.6 is 0 Å². The average molecular weight is 448 g/mol. The van der Waals surface area contributed by atoms with E-state index in [4.69, 9.17) is 14.2 Å². The lowest BCUT2D eigenvalue weighted by Gasteiger charge is -2.30. The summed E-state index contributed by atoms with van der Waals surface area (Å²) in [6, 6.07) is 8.01. The molecule has 2 amide bonds. The maximum Gasteiger partial charge on any atom is 0.261 e. The standard InChI is InChI=1S/C23H26F2N2O5/c1-14(32-16-7-8-17(24)18(25)13-16)21(28)27-23(10-4-5-11-23)22(29)26-15-6-9-19(30-2)20(12-15)31-3/h6-9,12-14H,4-5,10-11H2,1-3H3,(H,26,29)(H,27,28). The van der Waals surface area contributed by atoms with E-state index in [1.165, 1.54) is 27.2 Å². The molecular formula is C23H26F2N2O5. The molecule has 0 radical (unpaired) electrons. The number of methoxy groups -OCH3 is 2. The fraction of sp³-hybridized carbons (Fsp3) is 0.391. The third kappa shape index (κ3) is 5.09. The molecule has 1 aliphatic rings. The van der Waals surface area contributed by atoms with E-state index in [2.05, 4.69) is 10.6 Å². The van der Waals surface area contributed by atoms with Crippen LogP contribution in [0.15, 0.2) is 36.4 Å². The second-order valence-electron chi connectivity index (χ2n) is 7.64. The highest BCUT2D eigenvalue weighted by Crippen LogP contribution is 2.33. The van der Waals surface area contributed by atoms with E-state index in [1.807, 2.05) is 0 Å². The molecule has 0 saturated heterocycles. The molecule has 172 valence electrons. The number of anilines is 1. The minimum Gasteiger partial charge on any atom is -0.493 e. The highest BCUT2D eigenvalue weighted by atomic mass is 19.2. The molecule has 1 atom stereocenters. The van der Waals surface area contributed by atoms with Crippen molar-refractivity contribution in [1.29, 1.82) is 0 Å². The summed E-state index contributed by atoms with van der Waals surface area (Å²) in [5, 5.41) is 5.65. The van der Waals surface area contributed by atoms with Crippen LogP contribution in [0.3, 0.4) is 0 Å². The molecule has 0 bridgehead atoms. The summed E-state index contributed by atoms with van der Waals surface area (Å²) < 4.78 is 42.4. The molecule has 1 fully saturated rings. The molecule has 0 aliphatic heterocycles. The van der Waals surface area contributed by atoms with Crippen molar-refractivity contribution in [3.05, 3.63) is 48.0 Å². The van der Waals surface area contributed by atoms with Crippen LogP contribution in [-0.4, -0.2) is 37.7 Å². The number of benzene rings is 2. The Labute approximate surface area is 185 Å². The van der Waals surface area contributed by atoms with E-state index in [0.717, 1.165) is 25.0 Å². The zero-order valence-corrected chi connectivity index (χ0v) is 18.2. The van der Waals surface area contributed by atoms with E-state index in [1.54, 1.807) is 18.2 Å². The van der Waals surface area contributed by atoms with Crippen LogP contribution in [-0.2, 0) is 9.59 Å². The van der Waals surface area contributed by atoms with Crippen molar-refractivity contribution in [2.24, 2.45) is 0 Å².